The van der Waals surface area contributed by atoms with Gasteiger partial charge in [0, 0.05) is 10.9 Å². The zero-order valence-electron chi connectivity index (χ0n) is 12.8. The van der Waals surface area contributed by atoms with Crippen molar-refractivity contribution in [1.29, 1.82) is 0 Å². The molecule has 1 aromatic heterocycles. The summed E-state index contributed by atoms with van der Waals surface area (Å²) in [7, 11) is 2.15. The summed E-state index contributed by atoms with van der Waals surface area (Å²) in [5.74, 6) is 3.22. The second kappa shape index (κ2) is 4.84. The first-order chi connectivity index (χ1) is 9.66. The molecule has 4 aliphatic rings. The van der Waals surface area contributed by atoms with Gasteiger partial charge in [0.1, 0.15) is 0 Å². The van der Waals surface area contributed by atoms with Gasteiger partial charge in [-0.3, -0.25) is 0 Å². The standard InChI is InChI=1S/C18H27NS/c1-12-3-16(11-20-12)17(19-2)10-18-7-13-4-14(8-18)6-15(5-13)9-18/h3,11,13-15,17,19H,4-10H2,1-2H3. The van der Waals surface area contributed by atoms with Crippen LogP contribution in [-0.4, -0.2) is 7.05 Å². The number of thiophene rings is 1. The normalized spacial score (nSPS) is 40.2. The molecule has 1 atom stereocenters. The lowest BCUT2D eigenvalue weighted by Gasteiger charge is -2.57. The van der Waals surface area contributed by atoms with Gasteiger partial charge in [-0.25, -0.2) is 0 Å². The third kappa shape index (κ3) is 2.25. The Bertz CT molecular complexity index is 454. The SMILES string of the molecule is CNC(CC12CC3CC(CC(C3)C1)C2)c1csc(C)c1. The van der Waals surface area contributed by atoms with Crippen molar-refractivity contribution < 1.29 is 0 Å². The van der Waals surface area contributed by atoms with E-state index < -0.39 is 0 Å². The summed E-state index contributed by atoms with van der Waals surface area (Å²) in [6.07, 6.45) is 10.6. The number of hydrogen-bond donors (Lipinski definition) is 1. The van der Waals surface area contributed by atoms with E-state index >= 15 is 0 Å². The Morgan fingerprint density at radius 1 is 1.20 bits per heavy atom. The molecule has 4 aliphatic carbocycles. The van der Waals surface area contributed by atoms with Gasteiger partial charge in [-0.1, -0.05) is 0 Å². The maximum absolute atomic E-state index is 3.61. The van der Waals surface area contributed by atoms with Crippen LogP contribution in [-0.2, 0) is 0 Å². The summed E-state index contributed by atoms with van der Waals surface area (Å²) in [5, 5.41) is 5.99. The number of rotatable bonds is 4. The van der Waals surface area contributed by atoms with Crippen molar-refractivity contribution >= 4 is 11.3 Å². The summed E-state index contributed by atoms with van der Waals surface area (Å²) in [5.41, 5.74) is 2.21. The van der Waals surface area contributed by atoms with Crippen LogP contribution in [0.2, 0.25) is 0 Å². The van der Waals surface area contributed by atoms with E-state index in [0.717, 1.165) is 17.8 Å². The number of hydrogen-bond acceptors (Lipinski definition) is 2. The van der Waals surface area contributed by atoms with Crippen LogP contribution in [0.3, 0.4) is 0 Å². The average molecular weight is 289 g/mol. The van der Waals surface area contributed by atoms with Crippen molar-refractivity contribution in [3.63, 3.8) is 0 Å². The van der Waals surface area contributed by atoms with E-state index in [1.165, 1.54) is 36.1 Å². The molecule has 0 amide bonds. The highest BCUT2D eigenvalue weighted by atomic mass is 32.1. The Labute approximate surface area is 127 Å². The second-order valence-corrected chi connectivity index (χ2v) is 9.07. The first-order valence-corrected chi connectivity index (χ1v) is 9.26. The lowest BCUT2D eigenvalue weighted by Crippen LogP contribution is -2.47. The van der Waals surface area contributed by atoms with Crippen molar-refractivity contribution in [3.05, 3.63) is 21.9 Å². The fraction of sp³-hybridized carbons (Fsp3) is 0.778. The highest BCUT2D eigenvalue weighted by molar-refractivity contribution is 7.10. The molecule has 1 aromatic rings. The maximum Gasteiger partial charge on any atom is 0.0331 e. The van der Waals surface area contributed by atoms with Crippen molar-refractivity contribution in [1.82, 2.24) is 5.32 Å². The van der Waals surface area contributed by atoms with E-state index in [1.54, 1.807) is 19.3 Å². The van der Waals surface area contributed by atoms with E-state index in [0.29, 0.717) is 11.5 Å². The Hall–Kier alpha value is -0.340. The van der Waals surface area contributed by atoms with Crippen LogP contribution in [0.15, 0.2) is 11.4 Å². The summed E-state index contributed by atoms with van der Waals surface area (Å²) in [6.45, 7) is 2.23. The third-order valence-corrected chi connectivity index (χ3v) is 7.18. The van der Waals surface area contributed by atoms with Gasteiger partial charge < -0.3 is 5.32 Å². The topological polar surface area (TPSA) is 12.0 Å². The Kier molecular flexibility index (Phi) is 3.23. The predicted octanol–water partition coefficient (Wildman–Crippen LogP) is 4.92. The summed E-state index contributed by atoms with van der Waals surface area (Å²) in [4.78, 5) is 1.45. The molecule has 110 valence electrons. The molecule has 0 saturated heterocycles. The highest BCUT2D eigenvalue weighted by Crippen LogP contribution is 2.62. The summed E-state index contributed by atoms with van der Waals surface area (Å²) < 4.78 is 0. The van der Waals surface area contributed by atoms with E-state index in [4.69, 9.17) is 0 Å². The smallest absolute Gasteiger partial charge is 0.0331 e. The molecule has 0 spiro atoms. The lowest BCUT2D eigenvalue weighted by atomic mass is 9.48. The summed E-state index contributed by atoms with van der Waals surface area (Å²) >= 11 is 1.90. The molecule has 4 saturated carbocycles. The van der Waals surface area contributed by atoms with Gasteiger partial charge in [0.2, 0.25) is 0 Å². The first-order valence-electron chi connectivity index (χ1n) is 8.38. The van der Waals surface area contributed by atoms with E-state index in [9.17, 15) is 0 Å². The second-order valence-electron chi connectivity index (χ2n) is 7.95. The number of aryl methyl sites for hydroxylation is 1. The maximum atomic E-state index is 3.61. The molecule has 4 fully saturated rings. The van der Waals surface area contributed by atoms with Crippen LogP contribution in [0, 0.1) is 30.1 Å². The Morgan fingerprint density at radius 2 is 1.80 bits per heavy atom. The molecular weight excluding hydrogens is 262 g/mol. The van der Waals surface area contributed by atoms with Crippen LogP contribution in [0.5, 0.6) is 0 Å². The van der Waals surface area contributed by atoms with Gasteiger partial charge in [-0.2, -0.15) is 0 Å². The molecular formula is C18H27NS. The largest absolute Gasteiger partial charge is 0.313 e. The molecule has 20 heavy (non-hydrogen) atoms. The van der Waals surface area contributed by atoms with Crippen molar-refractivity contribution in [2.75, 3.05) is 7.05 Å². The molecule has 2 heteroatoms. The van der Waals surface area contributed by atoms with Gasteiger partial charge in [-0.05, 0) is 99.1 Å². The van der Waals surface area contributed by atoms with E-state index in [2.05, 4.69) is 30.7 Å². The Morgan fingerprint density at radius 3 is 2.25 bits per heavy atom. The molecule has 4 bridgehead atoms. The average Bonchev–Trinajstić information content (AvgIpc) is 2.81. The quantitative estimate of drug-likeness (QED) is 0.829. The Balaban J connectivity index is 1.55. The molecule has 5 rings (SSSR count). The van der Waals surface area contributed by atoms with Crippen molar-refractivity contribution in [3.8, 4) is 0 Å². The predicted molar refractivity (Wildman–Crippen MR) is 86.1 cm³/mol. The highest BCUT2D eigenvalue weighted by Gasteiger charge is 2.51. The number of nitrogens with one attached hydrogen (secondary N) is 1. The van der Waals surface area contributed by atoms with E-state index in [1.807, 2.05) is 11.3 Å². The molecule has 1 nitrogen and oxygen atoms in total. The van der Waals surface area contributed by atoms with Gasteiger partial charge in [-0.15, -0.1) is 11.3 Å². The van der Waals surface area contributed by atoms with Crippen molar-refractivity contribution in [2.45, 2.75) is 57.9 Å². The minimum atomic E-state index is 0.580. The fourth-order valence-electron chi connectivity index (χ4n) is 6.01. The van der Waals surface area contributed by atoms with E-state index in [-0.39, 0.29) is 0 Å². The monoisotopic (exact) mass is 289 g/mol. The molecule has 1 unspecified atom stereocenters. The first kappa shape index (κ1) is 13.3. The van der Waals surface area contributed by atoms with Gasteiger partial charge in [0.25, 0.3) is 0 Å². The van der Waals surface area contributed by atoms with Crippen LogP contribution in [0.1, 0.15) is 61.4 Å². The molecule has 1 N–H and O–H groups in total. The van der Waals surface area contributed by atoms with Crippen LogP contribution in [0.25, 0.3) is 0 Å². The van der Waals surface area contributed by atoms with Crippen molar-refractivity contribution in [2.24, 2.45) is 23.2 Å². The third-order valence-electron chi connectivity index (χ3n) is 6.30. The molecule has 0 aromatic carbocycles. The van der Waals surface area contributed by atoms with Gasteiger partial charge >= 0.3 is 0 Å². The zero-order valence-corrected chi connectivity index (χ0v) is 13.6. The van der Waals surface area contributed by atoms with Crippen LogP contribution < -0.4 is 5.32 Å². The lowest BCUT2D eigenvalue weighted by molar-refractivity contribution is -0.0619. The zero-order chi connectivity index (χ0) is 13.7. The molecule has 0 radical (unpaired) electrons. The van der Waals surface area contributed by atoms with Gasteiger partial charge in [0.05, 0.1) is 0 Å². The molecule has 1 heterocycles. The summed E-state index contributed by atoms with van der Waals surface area (Å²) in [6, 6.07) is 2.97. The van der Waals surface area contributed by atoms with Gasteiger partial charge in [0.15, 0.2) is 0 Å². The van der Waals surface area contributed by atoms with Crippen LogP contribution >= 0.6 is 11.3 Å². The minimum absolute atomic E-state index is 0.580. The minimum Gasteiger partial charge on any atom is -0.313 e. The molecule has 0 aliphatic heterocycles. The fourth-order valence-corrected chi connectivity index (χ4v) is 6.76. The van der Waals surface area contributed by atoms with Crippen LogP contribution in [0.4, 0.5) is 0 Å².